The van der Waals surface area contributed by atoms with Gasteiger partial charge in [-0.2, -0.15) is 35.1 Å². The maximum absolute atomic E-state index is 15.2. The van der Waals surface area contributed by atoms with Crippen molar-refractivity contribution in [2.45, 2.75) is 30.8 Å². The molecule has 1 atom stereocenters. The number of halogens is 9. The van der Waals surface area contributed by atoms with E-state index in [1.54, 1.807) is 7.05 Å². The molecule has 0 aliphatic rings. The van der Waals surface area contributed by atoms with Crippen LogP contribution in [-0.2, 0) is 23.1 Å². The number of benzene rings is 3. The lowest BCUT2D eigenvalue weighted by Gasteiger charge is -2.24. The fourth-order valence-electron chi connectivity index (χ4n) is 3.83. The van der Waals surface area contributed by atoms with Gasteiger partial charge in [-0.1, -0.05) is 12.1 Å². The predicted molar refractivity (Wildman–Crippen MR) is 125 cm³/mol. The number of nitrogens with zero attached hydrogens (tertiary/aromatic N) is 1. The molecule has 3 rings (SSSR count). The van der Waals surface area contributed by atoms with E-state index in [1.807, 2.05) is 0 Å². The van der Waals surface area contributed by atoms with Crippen molar-refractivity contribution in [1.29, 1.82) is 0 Å². The molecule has 216 valence electrons. The van der Waals surface area contributed by atoms with Gasteiger partial charge in [0.2, 0.25) is 0 Å². The molecular formula is C27H22F9NO3. The zero-order valence-electron chi connectivity index (χ0n) is 20.7. The second kappa shape index (κ2) is 11.8. The summed E-state index contributed by atoms with van der Waals surface area (Å²) in [5.74, 6) is -5.80. The Hall–Kier alpha value is -3.74. The lowest BCUT2D eigenvalue weighted by molar-refractivity contribution is -0.143. The predicted octanol–water partition coefficient (Wildman–Crippen LogP) is 7.53. The molecule has 0 aliphatic carbocycles. The first-order chi connectivity index (χ1) is 18.5. The van der Waals surface area contributed by atoms with Gasteiger partial charge in [-0.25, -0.2) is 4.39 Å². The summed E-state index contributed by atoms with van der Waals surface area (Å²) in [4.78, 5) is 12.4. The fourth-order valence-corrected chi connectivity index (χ4v) is 3.83. The Morgan fingerprint density at radius 3 is 1.77 bits per heavy atom. The van der Waals surface area contributed by atoms with Crippen molar-refractivity contribution in [3.8, 4) is 5.75 Å². The van der Waals surface area contributed by atoms with Crippen molar-refractivity contribution in [3.63, 3.8) is 0 Å². The van der Waals surface area contributed by atoms with E-state index in [-0.39, 0.29) is 43.5 Å². The maximum atomic E-state index is 15.2. The molecule has 0 saturated carbocycles. The Labute approximate surface area is 222 Å². The van der Waals surface area contributed by atoms with Crippen LogP contribution >= 0.6 is 0 Å². The molecule has 0 spiro atoms. The molecule has 0 aliphatic heterocycles. The molecule has 0 fully saturated rings. The number of carboxylic acid groups (broad SMARTS) is 1. The third-order valence-corrected chi connectivity index (χ3v) is 5.87. The second-order valence-electron chi connectivity index (χ2n) is 8.97. The highest BCUT2D eigenvalue weighted by Gasteiger charge is 2.42. The van der Waals surface area contributed by atoms with Crippen LogP contribution in [0.15, 0.2) is 66.7 Å². The molecule has 0 aromatic heterocycles. The number of alkyl halides is 8. The molecule has 13 heteroatoms. The number of hydrogen-bond acceptors (Lipinski definition) is 3. The van der Waals surface area contributed by atoms with E-state index in [2.05, 4.69) is 0 Å². The minimum absolute atomic E-state index is 0.0229. The van der Waals surface area contributed by atoms with Crippen LogP contribution in [0.2, 0.25) is 0 Å². The zero-order chi connectivity index (χ0) is 29.9. The summed E-state index contributed by atoms with van der Waals surface area (Å²) in [6.07, 6.45) is -11.2. The first-order valence-corrected chi connectivity index (χ1v) is 11.6. The fraction of sp³-hybridized carbons (Fsp3) is 0.296. The van der Waals surface area contributed by atoms with Gasteiger partial charge in [0.05, 0.1) is 17.7 Å². The largest absolute Gasteiger partial charge is 0.486 e. The van der Waals surface area contributed by atoms with Crippen molar-refractivity contribution in [2.24, 2.45) is 0 Å². The van der Waals surface area contributed by atoms with Crippen LogP contribution in [0.3, 0.4) is 0 Å². The van der Waals surface area contributed by atoms with Gasteiger partial charge in [0.15, 0.2) is 0 Å². The van der Waals surface area contributed by atoms with Crippen LogP contribution < -0.4 is 4.74 Å². The normalized spacial score (nSPS) is 13.4. The first-order valence-electron chi connectivity index (χ1n) is 11.6. The van der Waals surface area contributed by atoms with Gasteiger partial charge in [-0.15, -0.1) is 0 Å². The highest BCUT2D eigenvalue weighted by molar-refractivity contribution is 5.69. The summed E-state index contributed by atoms with van der Waals surface area (Å²) in [7, 11) is 1.55. The Morgan fingerprint density at radius 2 is 1.30 bits per heavy atom. The number of likely N-dealkylation sites (N-methyl/N-ethyl adjacent to an activating group) is 1. The lowest BCUT2D eigenvalue weighted by atomic mass is 9.95. The number of hydrogen-bond donors (Lipinski definition) is 1. The molecule has 1 N–H and O–H groups in total. The van der Waals surface area contributed by atoms with Gasteiger partial charge in [0, 0.05) is 24.1 Å². The minimum atomic E-state index is -5.29. The molecule has 3 aromatic rings. The van der Waals surface area contributed by atoms with Crippen LogP contribution in [0.1, 0.15) is 40.3 Å². The van der Waals surface area contributed by atoms with Gasteiger partial charge in [0.25, 0.3) is 5.92 Å². The average Bonchev–Trinajstić information content (AvgIpc) is 2.85. The quantitative estimate of drug-likeness (QED) is 0.253. The van der Waals surface area contributed by atoms with Crippen LogP contribution in [0, 0.1) is 5.82 Å². The van der Waals surface area contributed by atoms with E-state index < -0.39 is 58.4 Å². The van der Waals surface area contributed by atoms with Crippen molar-refractivity contribution < 1.29 is 54.2 Å². The maximum Gasteiger partial charge on any atom is 0.416 e. The van der Waals surface area contributed by atoms with E-state index in [0.717, 1.165) is 24.3 Å². The molecule has 0 bridgehead atoms. The molecule has 1 unspecified atom stereocenters. The summed E-state index contributed by atoms with van der Waals surface area (Å²) >= 11 is 0. The summed E-state index contributed by atoms with van der Waals surface area (Å²) in [5, 5.41) is 8.93. The van der Waals surface area contributed by atoms with E-state index >= 15 is 8.78 Å². The molecule has 4 nitrogen and oxygen atoms in total. The summed E-state index contributed by atoms with van der Waals surface area (Å²) in [6.45, 7) is -0.0485. The smallest absolute Gasteiger partial charge is 0.416 e. The van der Waals surface area contributed by atoms with Gasteiger partial charge < -0.3 is 9.84 Å². The van der Waals surface area contributed by atoms with Gasteiger partial charge in [-0.05, 0) is 67.2 Å². The molecule has 0 saturated heterocycles. The van der Waals surface area contributed by atoms with E-state index in [0.29, 0.717) is 5.56 Å². The minimum Gasteiger partial charge on any atom is -0.486 e. The second-order valence-corrected chi connectivity index (χ2v) is 8.97. The number of aliphatic carboxylic acids is 1. The lowest BCUT2D eigenvalue weighted by Crippen LogP contribution is -2.28. The highest BCUT2D eigenvalue weighted by atomic mass is 19.4. The summed E-state index contributed by atoms with van der Waals surface area (Å²) < 4.78 is 129. The van der Waals surface area contributed by atoms with Crippen LogP contribution in [0.4, 0.5) is 39.5 Å². The number of carboxylic acids is 1. The topological polar surface area (TPSA) is 49.8 Å². The van der Waals surface area contributed by atoms with Crippen LogP contribution in [-0.4, -0.2) is 36.1 Å². The number of ether oxygens (including phenoxy) is 1. The van der Waals surface area contributed by atoms with Crippen LogP contribution in [0.5, 0.6) is 5.75 Å². The molecule has 0 heterocycles. The Kier molecular flexibility index (Phi) is 9.07. The monoisotopic (exact) mass is 579 g/mol. The molecule has 0 amide bonds. The number of rotatable bonds is 10. The summed E-state index contributed by atoms with van der Waals surface area (Å²) in [6, 6.07) is 8.63. The van der Waals surface area contributed by atoms with E-state index in [9.17, 15) is 35.5 Å². The molecule has 0 radical (unpaired) electrons. The molecular weight excluding hydrogens is 557 g/mol. The Morgan fingerprint density at radius 1 is 0.800 bits per heavy atom. The molecule has 40 heavy (non-hydrogen) atoms. The van der Waals surface area contributed by atoms with Crippen LogP contribution in [0.25, 0.3) is 0 Å². The Balaban J connectivity index is 1.89. The third kappa shape index (κ3) is 7.90. The van der Waals surface area contributed by atoms with Gasteiger partial charge in [-0.3, -0.25) is 9.69 Å². The Bertz CT molecular complexity index is 1270. The van der Waals surface area contributed by atoms with Gasteiger partial charge in [0.1, 0.15) is 17.7 Å². The van der Waals surface area contributed by atoms with Gasteiger partial charge >= 0.3 is 18.3 Å². The number of carbonyl (C=O) groups is 1. The molecule has 3 aromatic carbocycles. The summed E-state index contributed by atoms with van der Waals surface area (Å²) in [5.41, 5.74) is -5.62. The third-order valence-electron chi connectivity index (χ3n) is 5.87. The van der Waals surface area contributed by atoms with Crippen molar-refractivity contribution in [3.05, 3.63) is 100 Å². The van der Waals surface area contributed by atoms with E-state index in [1.165, 1.54) is 29.2 Å². The van der Waals surface area contributed by atoms with E-state index in [4.69, 9.17) is 9.84 Å². The zero-order valence-corrected chi connectivity index (χ0v) is 20.7. The average molecular weight is 579 g/mol. The standard InChI is InChI=1S/C27H22F9NO3/c1-37(15-24(38)39)11-10-23(16-2-6-21(28)7-3-16)40-22-8-4-17(5-9-22)25(29,30)18-12-19(26(31,32)33)14-20(13-18)27(34,35)36/h2-9,12-14,23H,10-11,15H2,1H3,(H,38,39). The highest BCUT2D eigenvalue weighted by Crippen LogP contribution is 2.43. The van der Waals surface area contributed by atoms with Crippen molar-refractivity contribution in [2.75, 3.05) is 20.1 Å². The SMILES string of the molecule is CN(CCC(Oc1ccc(C(F)(F)c2cc(C(F)(F)F)cc(C(F)(F)F)c2)cc1)c1ccc(F)cc1)CC(=O)O. The van der Waals surface area contributed by atoms with Crippen molar-refractivity contribution in [1.82, 2.24) is 4.90 Å². The van der Waals surface area contributed by atoms with Crippen molar-refractivity contribution >= 4 is 5.97 Å². The first kappa shape index (κ1) is 30.8.